The Morgan fingerprint density at radius 3 is 3.00 bits per heavy atom. The van der Waals surface area contributed by atoms with E-state index in [4.69, 9.17) is 10.5 Å². The van der Waals surface area contributed by atoms with Gasteiger partial charge in [-0.05, 0) is 47.7 Å². The quantitative estimate of drug-likeness (QED) is 0.800. The van der Waals surface area contributed by atoms with Crippen molar-refractivity contribution < 1.29 is 9.53 Å². The molecule has 0 bridgehead atoms. The molecule has 1 saturated heterocycles. The van der Waals surface area contributed by atoms with Crippen LogP contribution in [0.25, 0.3) is 0 Å². The van der Waals surface area contributed by atoms with Gasteiger partial charge in [0.05, 0.1) is 18.6 Å². The van der Waals surface area contributed by atoms with Gasteiger partial charge in [-0.25, -0.2) is 0 Å². The fourth-order valence-electron chi connectivity index (χ4n) is 1.76. The van der Waals surface area contributed by atoms with E-state index in [0.29, 0.717) is 13.2 Å². The Morgan fingerprint density at radius 2 is 2.41 bits per heavy atom. The van der Waals surface area contributed by atoms with E-state index < -0.39 is 5.41 Å². The second kappa shape index (κ2) is 4.91. The smallest absolute Gasteiger partial charge is 0.234 e. The minimum absolute atomic E-state index is 0.0792. The van der Waals surface area contributed by atoms with Gasteiger partial charge in [0.1, 0.15) is 0 Å². The number of carbonyl (C=O) groups is 1. The molecule has 2 atom stereocenters. The van der Waals surface area contributed by atoms with Crippen molar-refractivity contribution in [3.8, 4) is 0 Å². The van der Waals surface area contributed by atoms with Crippen LogP contribution in [0.1, 0.15) is 6.92 Å². The average Bonchev–Trinajstić information content (AvgIpc) is 2.60. The molecule has 1 aromatic rings. The summed E-state index contributed by atoms with van der Waals surface area (Å²) in [6.07, 6.45) is 0. The molecule has 1 aliphatic heterocycles. The highest BCUT2D eigenvalue weighted by atomic mass is 127. The standard InChI is InChI=1S/C12H15IN2O2/c1-12(7-17-6-10(12)14)11(16)15-9-4-2-3-8(13)5-9/h2-5,10H,6-7,14H2,1H3,(H,15,16). The molecule has 0 saturated carbocycles. The lowest BCUT2D eigenvalue weighted by molar-refractivity contribution is -0.125. The number of rotatable bonds is 2. The first-order valence-corrected chi connectivity index (χ1v) is 6.50. The van der Waals surface area contributed by atoms with Gasteiger partial charge in [-0.2, -0.15) is 0 Å². The second-order valence-corrected chi connectivity index (χ2v) is 5.75. The molecule has 3 N–H and O–H groups in total. The third kappa shape index (κ3) is 2.61. The van der Waals surface area contributed by atoms with Crippen molar-refractivity contribution in [3.05, 3.63) is 27.8 Å². The molecule has 17 heavy (non-hydrogen) atoms. The molecular formula is C12H15IN2O2. The molecule has 1 heterocycles. The molecule has 0 radical (unpaired) electrons. The molecule has 5 heteroatoms. The molecule has 1 aromatic carbocycles. The summed E-state index contributed by atoms with van der Waals surface area (Å²) < 4.78 is 6.35. The molecule has 1 fully saturated rings. The molecule has 1 aliphatic rings. The Balaban J connectivity index is 2.12. The summed E-state index contributed by atoms with van der Waals surface area (Å²) in [5, 5.41) is 2.89. The number of benzene rings is 1. The van der Waals surface area contributed by atoms with Gasteiger partial charge >= 0.3 is 0 Å². The molecule has 0 aliphatic carbocycles. The van der Waals surface area contributed by atoms with E-state index in [1.165, 1.54) is 0 Å². The Labute approximate surface area is 114 Å². The lowest BCUT2D eigenvalue weighted by atomic mass is 9.85. The third-order valence-corrected chi connectivity index (χ3v) is 3.79. The van der Waals surface area contributed by atoms with Crippen LogP contribution in [-0.2, 0) is 9.53 Å². The van der Waals surface area contributed by atoms with Gasteiger partial charge in [0.25, 0.3) is 0 Å². The lowest BCUT2D eigenvalue weighted by Crippen LogP contribution is -2.47. The maximum Gasteiger partial charge on any atom is 0.234 e. The Kier molecular flexibility index (Phi) is 3.70. The Hall–Kier alpha value is -0.660. The lowest BCUT2D eigenvalue weighted by Gasteiger charge is -2.25. The molecule has 0 spiro atoms. The summed E-state index contributed by atoms with van der Waals surface area (Å²) >= 11 is 2.21. The molecule has 4 nitrogen and oxygen atoms in total. The number of hydrogen-bond donors (Lipinski definition) is 2. The van der Waals surface area contributed by atoms with Crippen LogP contribution in [-0.4, -0.2) is 25.2 Å². The van der Waals surface area contributed by atoms with Crippen LogP contribution in [0.3, 0.4) is 0 Å². The molecular weight excluding hydrogens is 331 g/mol. The van der Waals surface area contributed by atoms with Crippen molar-refractivity contribution in [2.45, 2.75) is 13.0 Å². The number of halogens is 1. The number of nitrogens with one attached hydrogen (secondary N) is 1. The number of ether oxygens (including phenoxy) is 1. The van der Waals surface area contributed by atoms with E-state index in [0.717, 1.165) is 9.26 Å². The number of hydrogen-bond acceptors (Lipinski definition) is 3. The van der Waals surface area contributed by atoms with Gasteiger partial charge in [-0.15, -0.1) is 0 Å². The first-order chi connectivity index (χ1) is 8.02. The molecule has 0 aromatic heterocycles. The Bertz CT molecular complexity index is 438. The highest BCUT2D eigenvalue weighted by Crippen LogP contribution is 2.28. The van der Waals surface area contributed by atoms with Crippen LogP contribution in [0.2, 0.25) is 0 Å². The number of carbonyl (C=O) groups excluding carboxylic acids is 1. The Morgan fingerprint density at radius 1 is 1.65 bits per heavy atom. The molecule has 2 rings (SSSR count). The van der Waals surface area contributed by atoms with Gasteiger partial charge in [0, 0.05) is 15.3 Å². The predicted molar refractivity (Wildman–Crippen MR) is 74.7 cm³/mol. The first kappa shape index (κ1) is 12.8. The van der Waals surface area contributed by atoms with Crippen LogP contribution in [0.4, 0.5) is 5.69 Å². The van der Waals surface area contributed by atoms with Crippen molar-refractivity contribution >= 4 is 34.2 Å². The maximum absolute atomic E-state index is 12.2. The van der Waals surface area contributed by atoms with Crippen molar-refractivity contribution in [2.24, 2.45) is 11.1 Å². The number of amides is 1. The van der Waals surface area contributed by atoms with Gasteiger partial charge in [-0.3, -0.25) is 4.79 Å². The van der Waals surface area contributed by atoms with Crippen LogP contribution in [0.5, 0.6) is 0 Å². The van der Waals surface area contributed by atoms with Crippen molar-refractivity contribution in [1.29, 1.82) is 0 Å². The maximum atomic E-state index is 12.2. The van der Waals surface area contributed by atoms with E-state index in [1.807, 2.05) is 31.2 Å². The van der Waals surface area contributed by atoms with Crippen molar-refractivity contribution in [3.63, 3.8) is 0 Å². The van der Waals surface area contributed by atoms with Gasteiger partial charge in [-0.1, -0.05) is 6.07 Å². The summed E-state index contributed by atoms with van der Waals surface area (Å²) in [6, 6.07) is 7.42. The van der Waals surface area contributed by atoms with E-state index in [9.17, 15) is 4.79 Å². The minimum atomic E-state index is -0.638. The van der Waals surface area contributed by atoms with E-state index >= 15 is 0 Å². The monoisotopic (exact) mass is 346 g/mol. The summed E-state index contributed by atoms with van der Waals surface area (Å²) in [5.74, 6) is -0.0792. The van der Waals surface area contributed by atoms with Crippen LogP contribution < -0.4 is 11.1 Å². The minimum Gasteiger partial charge on any atom is -0.379 e. The fourth-order valence-corrected chi connectivity index (χ4v) is 2.31. The van der Waals surface area contributed by atoms with Crippen LogP contribution in [0, 0.1) is 8.99 Å². The first-order valence-electron chi connectivity index (χ1n) is 5.43. The third-order valence-electron chi connectivity index (χ3n) is 3.12. The highest BCUT2D eigenvalue weighted by molar-refractivity contribution is 14.1. The van der Waals surface area contributed by atoms with Crippen molar-refractivity contribution in [1.82, 2.24) is 0 Å². The molecule has 2 unspecified atom stereocenters. The summed E-state index contributed by atoms with van der Waals surface area (Å²) in [5.41, 5.74) is 6.07. The second-order valence-electron chi connectivity index (χ2n) is 4.50. The van der Waals surface area contributed by atoms with Crippen molar-refractivity contribution in [2.75, 3.05) is 18.5 Å². The van der Waals surface area contributed by atoms with Crippen LogP contribution in [0.15, 0.2) is 24.3 Å². The highest BCUT2D eigenvalue weighted by Gasteiger charge is 2.44. The largest absolute Gasteiger partial charge is 0.379 e. The van der Waals surface area contributed by atoms with Gasteiger partial charge in [0.15, 0.2) is 0 Å². The van der Waals surface area contributed by atoms with E-state index in [2.05, 4.69) is 27.9 Å². The summed E-state index contributed by atoms with van der Waals surface area (Å²) in [4.78, 5) is 12.2. The van der Waals surface area contributed by atoms with E-state index in [-0.39, 0.29) is 11.9 Å². The number of nitrogens with two attached hydrogens (primary N) is 1. The topological polar surface area (TPSA) is 64.3 Å². The SMILES string of the molecule is CC1(C(=O)Nc2cccc(I)c2)COCC1N. The average molecular weight is 346 g/mol. The van der Waals surface area contributed by atoms with Gasteiger partial charge in [0.2, 0.25) is 5.91 Å². The number of anilines is 1. The molecule has 1 amide bonds. The van der Waals surface area contributed by atoms with Crippen LogP contribution >= 0.6 is 22.6 Å². The van der Waals surface area contributed by atoms with Gasteiger partial charge < -0.3 is 15.8 Å². The summed E-state index contributed by atoms with van der Waals surface area (Å²) in [7, 11) is 0. The zero-order valence-corrected chi connectivity index (χ0v) is 11.7. The molecule has 92 valence electrons. The zero-order valence-electron chi connectivity index (χ0n) is 9.57. The summed E-state index contributed by atoms with van der Waals surface area (Å²) in [6.45, 7) is 2.66. The fraction of sp³-hybridized carbons (Fsp3) is 0.417. The van der Waals surface area contributed by atoms with E-state index in [1.54, 1.807) is 0 Å². The normalized spacial score (nSPS) is 28.1. The predicted octanol–water partition coefficient (Wildman–Crippen LogP) is 1.59. The zero-order chi connectivity index (χ0) is 12.5.